The lowest BCUT2D eigenvalue weighted by molar-refractivity contribution is -0.176. The molecule has 0 amide bonds. The van der Waals surface area contributed by atoms with E-state index in [1.165, 1.54) is 0 Å². The number of carbonyl (C=O) groups is 1. The van der Waals surface area contributed by atoms with Crippen molar-refractivity contribution in [2.75, 3.05) is 20.3 Å². The summed E-state index contributed by atoms with van der Waals surface area (Å²) in [5.41, 5.74) is -0.726. The molecule has 0 aliphatic carbocycles. The van der Waals surface area contributed by atoms with Crippen molar-refractivity contribution in [2.24, 2.45) is 16.7 Å². The summed E-state index contributed by atoms with van der Waals surface area (Å²) in [5.74, 6) is 0.0418. The summed E-state index contributed by atoms with van der Waals surface area (Å²) in [4.78, 5) is 12.4. The Bertz CT molecular complexity index is 246. The first-order chi connectivity index (χ1) is 7.80. The summed E-state index contributed by atoms with van der Waals surface area (Å²) in [6.07, 6.45) is 0.910. The molecule has 0 aromatic rings. The second-order valence-electron chi connectivity index (χ2n) is 5.52. The van der Waals surface area contributed by atoms with Crippen LogP contribution in [0.25, 0.3) is 0 Å². The molecule has 0 saturated carbocycles. The van der Waals surface area contributed by atoms with Gasteiger partial charge in [0, 0.05) is 7.11 Å². The quantitative estimate of drug-likeness (QED) is 0.645. The van der Waals surface area contributed by atoms with Gasteiger partial charge in [-0.05, 0) is 24.7 Å². The van der Waals surface area contributed by atoms with E-state index in [-0.39, 0.29) is 17.3 Å². The van der Waals surface area contributed by atoms with Crippen LogP contribution in [0.4, 0.5) is 0 Å². The van der Waals surface area contributed by atoms with Crippen molar-refractivity contribution in [3.63, 3.8) is 0 Å². The van der Waals surface area contributed by atoms with Crippen LogP contribution in [0.1, 0.15) is 48.0 Å². The smallest absolute Gasteiger partial charge is 0.315 e. The van der Waals surface area contributed by atoms with Gasteiger partial charge in [-0.15, -0.1) is 0 Å². The molecule has 0 saturated heterocycles. The van der Waals surface area contributed by atoms with Crippen LogP contribution >= 0.6 is 0 Å². The molecular weight excluding hydrogens is 216 g/mol. The monoisotopic (exact) mass is 244 g/mol. The SMILES string of the molecule is CCOC(=O)C(COC)(C(C)C)C(C)(C)CC. The summed E-state index contributed by atoms with van der Waals surface area (Å²) >= 11 is 0. The maximum absolute atomic E-state index is 12.4. The van der Waals surface area contributed by atoms with Crippen molar-refractivity contribution in [1.82, 2.24) is 0 Å². The molecule has 0 spiro atoms. The van der Waals surface area contributed by atoms with Crippen LogP contribution in [0, 0.1) is 16.7 Å². The molecule has 3 heteroatoms. The summed E-state index contributed by atoms with van der Waals surface area (Å²) in [7, 11) is 1.64. The summed E-state index contributed by atoms with van der Waals surface area (Å²) in [5, 5.41) is 0. The zero-order chi connectivity index (χ0) is 13.7. The van der Waals surface area contributed by atoms with Gasteiger partial charge in [-0.2, -0.15) is 0 Å². The molecule has 0 bridgehead atoms. The lowest BCUT2D eigenvalue weighted by Crippen LogP contribution is -2.52. The van der Waals surface area contributed by atoms with E-state index in [2.05, 4.69) is 34.6 Å². The Morgan fingerprint density at radius 2 is 1.76 bits per heavy atom. The van der Waals surface area contributed by atoms with E-state index in [0.717, 1.165) is 6.42 Å². The van der Waals surface area contributed by atoms with Gasteiger partial charge in [0.2, 0.25) is 0 Å². The van der Waals surface area contributed by atoms with Crippen molar-refractivity contribution in [3.05, 3.63) is 0 Å². The number of hydrogen-bond acceptors (Lipinski definition) is 3. The molecular formula is C14H28O3. The van der Waals surface area contributed by atoms with Crippen molar-refractivity contribution >= 4 is 5.97 Å². The molecule has 0 aliphatic rings. The summed E-state index contributed by atoms with van der Waals surface area (Å²) < 4.78 is 10.6. The number of rotatable bonds is 7. The second-order valence-corrected chi connectivity index (χ2v) is 5.52. The molecule has 0 radical (unpaired) electrons. The Kier molecular flexibility index (Phi) is 6.17. The van der Waals surface area contributed by atoms with Gasteiger partial charge in [-0.1, -0.05) is 34.6 Å². The van der Waals surface area contributed by atoms with Gasteiger partial charge >= 0.3 is 5.97 Å². The fraction of sp³-hybridized carbons (Fsp3) is 0.929. The van der Waals surface area contributed by atoms with Crippen molar-refractivity contribution in [1.29, 1.82) is 0 Å². The van der Waals surface area contributed by atoms with Crippen LogP contribution in [0.15, 0.2) is 0 Å². The Morgan fingerprint density at radius 3 is 2.06 bits per heavy atom. The third-order valence-corrected chi connectivity index (χ3v) is 4.09. The minimum Gasteiger partial charge on any atom is -0.465 e. The highest BCUT2D eigenvalue weighted by atomic mass is 16.5. The second kappa shape index (κ2) is 6.39. The van der Waals surface area contributed by atoms with Gasteiger partial charge in [0.1, 0.15) is 0 Å². The highest BCUT2D eigenvalue weighted by molar-refractivity contribution is 5.78. The Balaban J connectivity index is 5.50. The zero-order valence-corrected chi connectivity index (χ0v) is 12.4. The maximum atomic E-state index is 12.4. The van der Waals surface area contributed by atoms with Crippen LogP contribution < -0.4 is 0 Å². The normalized spacial score (nSPS) is 15.8. The molecule has 0 aromatic carbocycles. The first-order valence-corrected chi connectivity index (χ1v) is 6.46. The zero-order valence-electron chi connectivity index (χ0n) is 12.4. The molecule has 1 atom stereocenters. The minimum atomic E-state index is -0.577. The molecule has 0 aromatic heterocycles. The Labute approximate surface area is 106 Å². The van der Waals surface area contributed by atoms with E-state index in [1.807, 2.05) is 6.92 Å². The number of hydrogen-bond donors (Lipinski definition) is 0. The van der Waals surface area contributed by atoms with E-state index in [9.17, 15) is 4.79 Å². The first kappa shape index (κ1) is 16.4. The van der Waals surface area contributed by atoms with Crippen molar-refractivity contribution in [2.45, 2.75) is 48.0 Å². The molecule has 0 fully saturated rings. The molecule has 0 N–H and O–H groups in total. The average Bonchev–Trinajstić information content (AvgIpc) is 2.25. The molecule has 0 aliphatic heterocycles. The number of esters is 1. The van der Waals surface area contributed by atoms with E-state index in [4.69, 9.17) is 9.47 Å². The summed E-state index contributed by atoms with van der Waals surface area (Å²) in [6, 6.07) is 0. The van der Waals surface area contributed by atoms with E-state index in [1.54, 1.807) is 7.11 Å². The van der Waals surface area contributed by atoms with Crippen LogP contribution in [-0.2, 0) is 14.3 Å². The highest BCUT2D eigenvalue weighted by Crippen LogP contribution is 2.48. The van der Waals surface area contributed by atoms with Gasteiger partial charge in [-0.3, -0.25) is 4.79 Å². The lowest BCUT2D eigenvalue weighted by atomic mass is 9.58. The van der Waals surface area contributed by atoms with Gasteiger partial charge in [0.05, 0.1) is 18.6 Å². The highest BCUT2D eigenvalue weighted by Gasteiger charge is 2.53. The number of carbonyl (C=O) groups excluding carboxylic acids is 1. The summed E-state index contributed by atoms with van der Waals surface area (Å²) in [6.45, 7) is 13.1. The van der Waals surface area contributed by atoms with Crippen LogP contribution in [0.2, 0.25) is 0 Å². The predicted octanol–water partition coefficient (Wildman–Crippen LogP) is 3.27. The van der Waals surface area contributed by atoms with Gasteiger partial charge in [0.15, 0.2) is 0 Å². The van der Waals surface area contributed by atoms with Gasteiger partial charge in [0.25, 0.3) is 0 Å². The molecule has 1 unspecified atom stereocenters. The lowest BCUT2D eigenvalue weighted by Gasteiger charge is -2.46. The molecule has 102 valence electrons. The van der Waals surface area contributed by atoms with E-state index >= 15 is 0 Å². The predicted molar refractivity (Wildman–Crippen MR) is 69.9 cm³/mol. The van der Waals surface area contributed by atoms with E-state index in [0.29, 0.717) is 13.2 Å². The molecule has 0 rings (SSSR count). The largest absolute Gasteiger partial charge is 0.465 e. The molecule has 3 nitrogen and oxygen atoms in total. The molecule has 17 heavy (non-hydrogen) atoms. The van der Waals surface area contributed by atoms with Crippen molar-refractivity contribution in [3.8, 4) is 0 Å². The third-order valence-electron chi connectivity index (χ3n) is 4.09. The standard InChI is InChI=1S/C14H28O3/c1-8-13(5,6)14(10-16-7,11(3)4)12(15)17-9-2/h11H,8-10H2,1-7H3. The Hall–Kier alpha value is -0.570. The maximum Gasteiger partial charge on any atom is 0.315 e. The third kappa shape index (κ3) is 3.01. The van der Waals surface area contributed by atoms with Gasteiger partial charge < -0.3 is 9.47 Å². The Morgan fingerprint density at radius 1 is 1.24 bits per heavy atom. The fourth-order valence-electron chi connectivity index (χ4n) is 2.52. The van der Waals surface area contributed by atoms with Crippen molar-refractivity contribution < 1.29 is 14.3 Å². The van der Waals surface area contributed by atoms with Crippen LogP contribution in [-0.4, -0.2) is 26.3 Å². The van der Waals surface area contributed by atoms with Crippen LogP contribution in [0.3, 0.4) is 0 Å². The fourth-order valence-corrected chi connectivity index (χ4v) is 2.52. The number of methoxy groups -OCH3 is 1. The number of ether oxygens (including phenoxy) is 2. The van der Waals surface area contributed by atoms with Gasteiger partial charge in [-0.25, -0.2) is 0 Å². The van der Waals surface area contributed by atoms with E-state index < -0.39 is 5.41 Å². The molecule has 0 heterocycles. The minimum absolute atomic E-state index is 0.135. The average molecular weight is 244 g/mol. The topological polar surface area (TPSA) is 35.5 Å². The first-order valence-electron chi connectivity index (χ1n) is 6.46. The van der Waals surface area contributed by atoms with Crippen LogP contribution in [0.5, 0.6) is 0 Å².